The maximum Gasteiger partial charge on any atom is 0.305 e. The van der Waals surface area contributed by atoms with Crippen molar-refractivity contribution in [1.29, 1.82) is 0 Å². The number of hydrogen-bond donors (Lipinski definition) is 2. The predicted molar refractivity (Wildman–Crippen MR) is 77.6 cm³/mol. The Balaban J connectivity index is 1.99. The van der Waals surface area contributed by atoms with Crippen LogP contribution in [0.2, 0.25) is 0 Å². The summed E-state index contributed by atoms with van der Waals surface area (Å²) in [6.07, 6.45) is 0.0678. The number of furan rings is 1. The SMILES string of the molecule is O=C(O)CC(NCc1ccc(I)o1)c1cccs1. The number of halogens is 1. The Hall–Kier alpha value is -0.860. The van der Waals surface area contributed by atoms with Crippen molar-refractivity contribution in [3.8, 4) is 0 Å². The van der Waals surface area contributed by atoms with Crippen LogP contribution >= 0.6 is 33.9 Å². The lowest BCUT2D eigenvalue weighted by atomic mass is 10.1. The normalized spacial score (nSPS) is 12.5. The van der Waals surface area contributed by atoms with Gasteiger partial charge in [0, 0.05) is 4.88 Å². The maximum absolute atomic E-state index is 10.9. The van der Waals surface area contributed by atoms with Gasteiger partial charge in [-0.05, 0) is 46.2 Å². The van der Waals surface area contributed by atoms with Crippen LogP contribution in [-0.4, -0.2) is 11.1 Å². The molecule has 96 valence electrons. The van der Waals surface area contributed by atoms with Gasteiger partial charge in [-0.15, -0.1) is 11.3 Å². The fourth-order valence-electron chi connectivity index (χ4n) is 1.61. The molecule has 2 aromatic rings. The molecular weight excluding hydrogens is 365 g/mol. The minimum Gasteiger partial charge on any atom is -0.481 e. The van der Waals surface area contributed by atoms with Gasteiger partial charge in [-0.3, -0.25) is 4.79 Å². The van der Waals surface area contributed by atoms with Crippen LogP contribution in [0.15, 0.2) is 34.1 Å². The molecule has 0 saturated carbocycles. The van der Waals surface area contributed by atoms with Crippen molar-refractivity contribution in [3.05, 3.63) is 44.0 Å². The Morgan fingerprint density at radius 2 is 2.33 bits per heavy atom. The van der Waals surface area contributed by atoms with E-state index < -0.39 is 5.97 Å². The van der Waals surface area contributed by atoms with Crippen molar-refractivity contribution in [2.24, 2.45) is 0 Å². The first-order chi connectivity index (χ1) is 8.65. The third-order valence-corrected chi connectivity index (χ3v) is 3.98. The van der Waals surface area contributed by atoms with Gasteiger partial charge < -0.3 is 14.8 Å². The molecule has 18 heavy (non-hydrogen) atoms. The van der Waals surface area contributed by atoms with E-state index in [4.69, 9.17) is 9.52 Å². The molecule has 0 saturated heterocycles. The van der Waals surface area contributed by atoms with E-state index in [1.54, 1.807) is 11.3 Å². The fourth-order valence-corrected chi connectivity index (χ4v) is 2.87. The largest absolute Gasteiger partial charge is 0.481 e. The van der Waals surface area contributed by atoms with Crippen molar-refractivity contribution in [2.75, 3.05) is 0 Å². The number of hydrogen-bond acceptors (Lipinski definition) is 4. The molecule has 6 heteroatoms. The Bertz CT molecular complexity index is 509. The average Bonchev–Trinajstić information content (AvgIpc) is 2.94. The zero-order valence-electron chi connectivity index (χ0n) is 9.43. The van der Waals surface area contributed by atoms with E-state index in [1.807, 2.05) is 29.6 Å². The number of nitrogens with one attached hydrogen (secondary N) is 1. The number of aliphatic carboxylic acids is 1. The summed E-state index contributed by atoms with van der Waals surface area (Å²) >= 11 is 3.66. The minimum atomic E-state index is -0.810. The smallest absolute Gasteiger partial charge is 0.305 e. The summed E-state index contributed by atoms with van der Waals surface area (Å²) in [4.78, 5) is 11.9. The first-order valence-corrected chi connectivity index (χ1v) is 7.34. The molecule has 0 aliphatic rings. The number of carbonyl (C=O) groups is 1. The highest BCUT2D eigenvalue weighted by Crippen LogP contribution is 2.22. The zero-order chi connectivity index (χ0) is 13.0. The molecule has 2 heterocycles. The fraction of sp³-hybridized carbons (Fsp3) is 0.250. The van der Waals surface area contributed by atoms with Crippen LogP contribution in [0.25, 0.3) is 0 Å². The maximum atomic E-state index is 10.9. The molecule has 0 aliphatic heterocycles. The standard InChI is InChI=1S/C12H12INO3S/c13-11-4-3-8(17-11)7-14-9(6-12(15)16)10-2-1-5-18-10/h1-5,9,14H,6-7H2,(H,15,16). The van der Waals surface area contributed by atoms with Gasteiger partial charge in [0.15, 0.2) is 3.77 Å². The predicted octanol–water partition coefficient (Wildman–Crippen LogP) is 3.25. The zero-order valence-corrected chi connectivity index (χ0v) is 12.4. The average molecular weight is 377 g/mol. The summed E-state index contributed by atoms with van der Waals surface area (Å²) in [6, 6.07) is 7.46. The highest BCUT2D eigenvalue weighted by Gasteiger charge is 2.16. The Morgan fingerprint density at radius 1 is 1.50 bits per heavy atom. The van der Waals surface area contributed by atoms with Gasteiger partial charge in [0.2, 0.25) is 0 Å². The van der Waals surface area contributed by atoms with E-state index in [9.17, 15) is 4.79 Å². The third kappa shape index (κ3) is 3.82. The second kappa shape index (κ2) is 6.35. The van der Waals surface area contributed by atoms with Gasteiger partial charge in [0.1, 0.15) is 5.76 Å². The molecule has 0 radical (unpaired) electrons. The number of rotatable bonds is 6. The Labute approximate surface area is 122 Å². The van der Waals surface area contributed by atoms with Gasteiger partial charge in [-0.1, -0.05) is 6.07 Å². The molecule has 1 atom stereocenters. The molecule has 2 aromatic heterocycles. The molecule has 0 spiro atoms. The lowest BCUT2D eigenvalue weighted by Crippen LogP contribution is -2.22. The van der Waals surface area contributed by atoms with E-state index in [0.29, 0.717) is 6.54 Å². The first kappa shape index (κ1) is 13.6. The highest BCUT2D eigenvalue weighted by atomic mass is 127. The van der Waals surface area contributed by atoms with Gasteiger partial charge in [-0.2, -0.15) is 0 Å². The second-order valence-corrected chi connectivity index (χ2v) is 5.80. The van der Waals surface area contributed by atoms with Gasteiger partial charge in [-0.25, -0.2) is 0 Å². The van der Waals surface area contributed by atoms with E-state index in [1.165, 1.54) is 0 Å². The van der Waals surface area contributed by atoms with Crippen LogP contribution < -0.4 is 5.32 Å². The van der Waals surface area contributed by atoms with Crippen LogP contribution in [0.4, 0.5) is 0 Å². The summed E-state index contributed by atoms with van der Waals surface area (Å²) in [6.45, 7) is 0.527. The lowest BCUT2D eigenvalue weighted by Gasteiger charge is -2.14. The van der Waals surface area contributed by atoms with Crippen LogP contribution in [-0.2, 0) is 11.3 Å². The minimum absolute atomic E-state index is 0.0678. The van der Waals surface area contributed by atoms with Gasteiger partial charge in [0.25, 0.3) is 0 Å². The van der Waals surface area contributed by atoms with Crippen LogP contribution in [0, 0.1) is 3.77 Å². The molecule has 0 amide bonds. The van der Waals surface area contributed by atoms with Crippen LogP contribution in [0.3, 0.4) is 0 Å². The van der Waals surface area contributed by atoms with Crippen molar-refractivity contribution in [3.63, 3.8) is 0 Å². The molecule has 0 fully saturated rings. The quantitative estimate of drug-likeness (QED) is 0.759. The Morgan fingerprint density at radius 3 is 2.89 bits per heavy atom. The van der Waals surface area contributed by atoms with E-state index in [0.717, 1.165) is 14.4 Å². The number of carboxylic acid groups (broad SMARTS) is 1. The molecule has 4 nitrogen and oxygen atoms in total. The topological polar surface area (TPSA) is 62.5 Å². The molecular formula is C12H12INO3S. The molecule has 0 aliphatic carbocycles. The molecule has 0 bridgehead atoms. The number of carboxylic acids is 1. The third-order valence-electron chi connectivity index (χ3n) is 2.42. The van der Waals surface area contributed by atoms with Gasteiger partial charge >= 0.3 is 5.97 Å². The molecule has 2 N–H and O–H groups in total. The summed E-state index contributed by atoms with van der Waals surface area (Å²) in [7, 11) is 0. The molecule has 1 unspecified atom stereocenters. The van der Waals surface area contributed by atoms with Crippen LogP contribution in [0.1, 0.15) is 23.1 Å². The summed E-state index contributed by atoms with van der Waals surface area (Å²) in [5, 5.41) is 14.1. The number of thiophene rings is 1. The van der Waals surface area contributed by atoms with Crippen molar-refractivity contribution in [1.82, 2.24) is 5.32 Å². The van der Waals surface area contributed by atoms with Gasteiger partial charge in [0.05, 0.1) is 19.0 Å². The second-order valence-electron chi connectivity index (χ2n) is 3.75. The van der Waals surface area contributed by atoms with Crippen molar-refractivity contribution < 1.29 is 14.3 Å². The monoisotopic (exact) mass is 377 g/mol. The highest BCUT2D eigenvalue weighted by molar-refractivity contribution is 14.1. The first-order valence-electron chi connectivity index (χ1n) is 5.38. The Kier molecular flexibility index (Phi) is 4.79. The molecule has 0 aromatic carbocycles. The summed E-state index contributed by atoms with van der Waals surface area (Å²) in [5.74, 6) is 0.00118. The van der Waals surface area contributed by atoms with E-state index >= 15 is 0 Å². The molecule has 2 rings (SSSR count). The lowest BCUT2D eigenvalue weighted by molar-refractivity contribution is -0.137. The van der Waals surface area contributed by atoms with Crippen molar-refractivity contribution >= 4 is 39.9 Å². The summed E-state index contributed by atoms with van der Waals surface area (Å²) < 4.78 is 6.27. The van der Waals surface area contributed by atoms with E-state index in [2.05, 4.69) is 27.9 Å². The van der Waals surface area contributed by atoms with E-state index in [-0.39, 0.29) is 12.5 Å². The van der Waals surface area contributed by atoms with Crippen LogP contribution in [0.5, 0.6) is 0 Å². The summed E-state index contributed by atoms with van der Waals surface area (Å²) in [5.41, 5.74) is 0. The van der Waals surface area contributed by atoms with Crippen molar-refractivity contribution in [2.45, 2.75) is 19.0 Å².